The number of hydrogen-bond acceptors (Lipinski definition) is 3. The molecule has 10 aromatic rings. The van der Waals surface area contributed by atoms with E-state index in [0.717, 1.165) is 33.2 Å². The lowest BCUT2D eigenvalue weighted by Gasteiger charge is -2.39. The summed E-state index contributed by atoms with van der Waals surface area (Å²) < 4.78 is 2.35. The highest BCUT2D eigenvalue weighted by molar-refractivity contribution is 7.99. The van der Waals surface area contributed by atoms with Crippen LogP contribution < -0.4 is 0 Å². The third-order valence-corrected chi connectivity index (χ3v) is 12.6. The van der Waals surface area contributed by atoms with Crippen LogP contribution in [-0.4, -0.2) is 14.5 Å². The molecule has 0 amide bonds. The van der Waals surface area contributed by atoms with Crippen LogP contribution in [0.3, 0.4) is 0 Å². The van der Waals surface area contributed by atoms with E-state index in [0.29, 0.717) is 5.95 Å². The maximum Gasteiger partial charge on any atom is 0.235 e. The van der Waals surface area contributed by atoms with Crippen LogP contribution in [0.5, 0.6) is 0 Å². The summed E-state index contributed by atoms with van der Waals surface area (Å²) in [7, 11) is 0. The number of para-hydroxylation sites is 1. The standard InChI is InChI=1S/C49H29N3S/c1-2-15-31(16-3-1)46-36-20-8-12-24-42(36)50-48(51-46)52-43-29-41-45(28-37(43)35-27-26-30-14-4-5-17-32(30)47(35)52)53-44-25-13-11-23-40(44)49(41)38-21-9-6-18-33(38)34-19-7-10-22-39(34)49/h1-29H. The Morgan fingerprint density at radius 2 is 1.11 bits per heavy atom. The molecule has 0 bridgehead atoms. The molecule has 2 aromatic heterocycles. The predicted molar refractivity (Wildman–Crippen MR) is 218 cm³/mol. The molecule has 1 aliphatic carbocycles. The molecule has 2 aliphatic rings. The largest absolute Gasteiger partial charge is 0.277 e. The third kappa shape index (κ3) is 3.85. The minimum Gasteiger partial charge on any atom is -0.277 e. The van der Waals surface area contributed by atoms with Gasteiger partial charge < -0.3 is 0 Å². The van der Waals surface area contributed by atoms with Crippen LogP contribution in [0.15, 0.2) is 186 Å². The van der Waals surface area contributed by atoms with Gasteiger partial charge in [-0.15, -0.1) is 0 Å². The predicted octanol–water partition coefficient (Wildman–Crippen LogP) is 12.4. The van der Waals surface area contributed by atoms with Crippen molar-refractivity contribution in [3.63, 3.8) is 0 Å². The van der Waals surface area contributed by atoms with Crippen LogP contribution in [0.25, 0.3) is 71.8 Å². The Labute approximate surface area is 310 Å². The first kappa shape index (κ1) is 29.1. The lowest BCUT2D eigenvalue weighted by molar-refractivity contribution is 0.723. The summed E-state index contributed by atoms with van der Waals surface area (Å²) in [6.45, 7) is 0. The quantitative estimate of drug-likeness (QED) is 0.181. The second kappa shape index (κ2) is 10.8. The topological polar surface area (TPSA) is 30.7 Å². The molecule has 1 spiro atoms. The average Bonchev–Trinajstić information content (AvgIpc) is 3.71. The fourth-order valence-corrected chi connectivity index (χ4v) is 10.5. The molecule has 53 heavy (non-hydrogen) atoms. The van der Waals surface area contributed by atoms with E-state index in [1.807, 2.05) is 11.8 Å². The van der Waals surface area contributed by atoms with Crippen LogP contribution >= 0.6 is 11.8 Å². The Kier molecular flexibility index (Phi) is 5.92. The van der Waals surface area contributed by atoms with E-state index in [4.69, 9.17) is 9.97 Å². The maximum atomic E-state index is 5.48. The molecule has 3 heterocycles. The second-order valence-electron chi connectivity index (χ2n) is 14.1. The van der Waals surface area contributed by atoms with Crippen molar-refractivity contribution in [2.24, 2.45) is 0 Å². The molecule has 0 saturated heterocycles. The first-order chi connectivity index (χ1) is 26.3. The minimum absolute atomic E-state index is 0.485. The minimum atomic E-state index is -0.485. The molecule has 0 atom stereocenters. The molecule has 0 fully saturated rings. The van der Waals surface area contributed by atoms with E-state index < -0.39 is 5.41 Å². The summed E-state index contributed by atoms with van der Waals surface area (Å²) in [5.74, 6) is 0.670. The molecule has 8 aromatic carbocycles. The lowest BCUT2D eigenvalue weighted by atomic mass is 9.67. The third-order valence-electron chi connectivity index (χ3n) is 11.5. The number of hydrogen-bond donors (Lipinski definition) is 0. The van der Waals surface area contributed by atoms with Gasteiger partial charge in [-0.2, -0.15) is 0 Å². The van der Waals surface area contributed by atoms with Crippen LogP contribution in [0, 0.1) is 0 Å². The van der Waals surface area contributed by atoms with Crippen LogP contribution in [0.2, 0.25) is 0 Å². The van der Waals surface area contributed by atoms with Crippen molar-refractivity contribution >= 4 is 55.2 Å². The summed E-state index contributed by atoms with van der Waals surface area (Å²) >= 11 is 1.89. The van der Waals surface area contributed by atoms with Gasteiger partial charge in [-0.1, -0.05) is 163 Å². The van der Waals surface area contributed by atoms with Crippen LogP contribution in [-0.2, 0) is 5.41 Å². The zero-order valence-electron chi connectivity index (χ0n) is 28.5. The van der Waals surface area contributed by atoms with Gasteiger partial charge in [-0.05, 0) is 63.0 Å². The molecule has 1 aliphatic heterocycles. The summed E-state index contributed by atoms with van der Waals surface area (Å²) in [6.07, 6.45) is 0. The van der Waals surface area contributed by atoms with Crippen molar-refractivity contribution in [3.8, 4) is 28.3 Å². The van der Waals surface area contributed by atoms with Gasteiger partial charge in [0.25, 0.3) is 0 Å². The first-order valence-corrected chi connectivity index (χ1v) is 18.9. The van der Waals surface area contributed by atoms with Crippen LogP contribution in [0.4, 0.5) is 0 Å². The molecule has 12 rings (SSSR count). The van der Waals surface area contributed by atoms with Gasteiger partial charge in [0.2, 0.25) is 5.95 Å². The molecular formula is C49H29N3S. The zero-order chi connectivity index (χ0) is 34.7. The number of aromatic nitrogens is 3. The molecule has 0 unspecified atom stereocenters. The SMILES string of the molecule is c1ccc(-c2nc(-n3c4cc5c(cc4c4ccc6ccccc6c43)Sc3ccccc3C53c4ccccc4-c4ccccc43)nc3ccccc23)cc1. The van der Waals surface area contributed by atoms with Crippen molar-refractivity contribution in [1.82, 2.24) is 14.5 Å². The number of fused-ring (bicyclic) bond motifs is 15. The Bertz CT molecular complexity index is 3110. The summed E-state index contributed by atoms with van der Waals surface area (Å²) in [4.78, 5) is 13.4. The summed E-state index contributed by atoms with van der Waals surface area (Å²) in [6, 6.07) is 64.1. The van der Waals surface area contributed by atoms with E-state index in [1.54, 1.807) is 0 Å². The molecule has 3 nitrogen and oxygen atoms in total. The Morgan fingerprint density at radius 1 is 0.453 bits per heavy atom. The summed E-state index contributed by atoms with van der Waals surface area (Å²) in [5.41, 5.74) is 12.5. The molecule has 0 saturated carbocycles. The van der Waals surface area contributed by atoms with E-state index in [2.05, 4.69) is 180 Å². The van der Waals surface area contributed by atoms with Gasteiger partial charge in [-0.25, -0.2) is 9.97 Å². The van der Waals surface area contributed by atoms with Crippen molar-refractivity contribution < 1.29 is 0 Å². The lowest BCUT2D eigenvalue weighted by Crippen LogP contribution is -2.32. The van der Waals surface area contributed by atoms with Gasteiger partial charge in [0, 0.05) is 36.9 Å². The maximum absolute atomic E-state index is 5.48. The average molecular weight is 692 g/mol. The first-order valence-electron chi connectivity index (χ1n) is 18.1. The fourth-order valence-electron chi connectivity index (χ4n) is 9.31. The monoisotopic (exact) mass is 691 g/mol. The van der Waals surface area contributed by atoms with Crippen molar-refractivity contribution in [3.05, 3.63) is 198 Å². The normalized spacial score (nSPS) is 13.7. The molecule has 4 heteroatoms. The van der Waals surface area contributed by atoms with E-state index >= 15 is 0 Å². The Morgan fingerprint density at radius 3 is 1.92 bits per heavy atom. The molecule has 0 N–H and O–H groups in total. The van der Waals surface area contributed by atoms with Crippen molar-refractivity contribution in [2.45, 2.75) is 15.2 Å². The zero-order valence-corrected chi connectivity index (χ0v) is 29.3. The summed E-state index contributed by atoms with van der Waals surface area (Å²) in [5, 5.41) is 5.80. The second-order valence-corrected chi connectivity index (χ2v) is 15.2. The number of benzene rings is 8. The molecule has 0 radical (unpaired) electrons. The van der Waals surface area contributed by atoms with Gasteiger partial charge in [0.1, 0.15) is 0 Å². The number of nitrogens with zero attached hydrogens (tertiary/aromatic N) is 3. The van der Waals surface area contributed by atoms with E-state index in [-0.39, 0.29) is 0 Å². The van der Waals surface area contributed by atoms with Gasteiger partial charge in [-0.3, -0.25) is 4.57 Å². The molecular weight excluding hydrogens is 663 g/mol. The van der Waals surface area contributed by atoms with Crippen molar-refractivity contribution in [1.29, 1.82) is 0 Å². The Balaban J connectivity index is 1.27. The molecule has 246 valence electrons. The van der Waals surface area contributed by atoms with Crippen LogP contribution in [0.1, 0.15) is 22.3 Å². The van der Waals surface area contributed by atoms with E-state index in [1.165, 1.54) is 64.7 Å². The highest BCUT2D eigenvalue weighted by Crippen LogP contribution is 2.62. The van der Waals surface area contributed by atoms with E-state index in [9.17, 15) is 0 Å². The Hall–Kier alpha value is -6.49. The number of rotatable bonds is 2. The fraction of sp³-hybridized carbons (Fsp3) is 0.0204. The highest BCUT2D eigenvalue weighted by atomic mass is 32.2. The smallest absolute Gasteiger partial charge is 0.235 e. The van der Waals surface area contributed by atoms with Gasteiger partial charge in [0.05, 0.1) is 27.7 Å². The van der Waals surface area contributed by atoms with Crippen molar-refractivity contribution in [2.75, 3.05) is 0 Å². The van der Waals surface area contributed by atoms with Gasteiger partial charge >= 0.3 is 0 Å². The highest BCUT2D eigenvalue weighted by Gasteiger charge is 2.50. The van der Waals surface area contributed by atoms with Gasteiger partial charge in [0.15, 0.2) is 0 Å².